The standard InChI is InChI=1S/C17H20FN3O2/c1-19-16-9-15(20-21-16)13-6-5-11(8-14(13)18)10-3-4-12(7-10)17(22)23-2/h5-6,8-10,12H,3-4,7H2,1-2H3,(H2,19,20,21)/t10-,12+/m1/s1. The fourth-order valence-electron chi connectivity index (χ4n) is 3.26. The number of ether oxygens (including phenoxy) is 1. The number of rotatable bonds is 4. The number of hydrogen-bond donors (Lipinski definition) is 2. The maximum Gasteiger partial charge on any atom is 0.308 e. The van der Waals surface area contributed by atoms with E-state index in [0.29, 0.717) is 17.1 Å². The Hall–Kier alpha value is -2.37. The quantitative estimate of drug-likeness (QED) is 0.849. The van der Waals surface area contributed by atoms with E-state index < -0.39 is 0 Å². The molecule has 0 amide bonds. The van der Waals surface area contributed by atoms with Crippen molar-refractivity contribution >= 4 is 11.8 Å². The van der Waals surface area contributed by atoms with E-state index in [2.05, 4.69) is 15.5 Å². The van der Waals surface area contributed by atoms with Crippen molar-refractivity contribution in [3.8, 4) is 11.3 Å². The molecule has 23 heavy (non-hydrogen) atoms. The summed E-state index contributed by atoms with van der Waals surface area (Å²) in [6.45, 7) is 0. The third kappa shape index (κ3) is 3.06. The lowest BCUT2D eigenvalue weighted by Gasteiger charge is -2.12. The lowest BCUT2D eigenvalue weighted by molar-refractivity contribution is -0.145. The van der Waals surface area contributed by atoms with Crippen LogP contribution in [0.25, 0.3) is 11.3 Å². The third-order valence-corrected chi connectivity index (χ3v) is 4.56. The van der Waals surface area contributed by atoms with Crippen molar-refractivity contribution in [2.75, 3.05) is 19.5 Å². The Labute approximate surface area is 134 Å². The number of methoxy groups -OCH3 is 1. The molecule has 1 aromatic heterocycles. The molecular formula is C17H20FN3O2. The summed E-state index contributed by atoms with van der Waals surface area (Å²) in [5.74, 6) is 0.355. The monoisotopic (exact) mass is 317 g/mol. The molecule has 0 bridgehead atoms. The Morgan fingerprint density at radius 1 is 1.39 bits per heavy atom. The number of esters is 1. The molecule has 1 aliphatic carbocycles. The highest BCUT2D eigenvalue weighted by Crippen LogP contribution is 2.39. The number of nitrogens with one attached hydrogen (secondary N) is 2. The highest BCUT2D eigenvalue weighted by Gasteiger charge is 2.31. The van der Waals surface area contributed by atoms with Gasteiger partial charge in [-0.1, -0.05) is 6.07 Å². The number of nitrogens with zero attached hydrogens (tertiary/aromatic N) is 1. The van der Waals surface area contributed by atoms with Crippen LogP contribution in [0.1, 0.15) is 30.7 Å². The number of anilines is 1. The summed E-state index contributed by atoms with van der Waals surface area (Å²) in [6, 6.07) is 7.03. The topological polar surface area (TPSA) is 67.0 Å². The first-order valence-electron chi connectivity index (χ1n) is 7.73. The molecule has 2 aromatic rings. The van der Waals surface area contributed by atoms with Crippen LogP contribution in [0.3, 0.4) is 0 Å². The summed E-state index contributed by atoms with van der Waals surface area (Å²) in [5, 5.41) is 9.76. The van der Waals surface area contributed by atoms with Gasteiger partial charge in [0.05, 0.1) is 18.7 Å². The zero-order chi connectivity index (χ0) is 16.4. The Morgan fingerprint density at radius 2 is 2.22 bits per heavy atom. The first-order valence-corrected chi connectivity index (χ1v) is 7.73. The van der Waals surface area contributed by atoms with Gasteiger partial charge in [0.1, 0.15) is 11.6 Å². The van der Waals surface area contributed by atoms with Gasteiger partial charge in [0.25, 0.3) is 0 Å². The van der Waals surface area contributed by atoms with Crippen LogP contribution in [0.4, 0.5) is 10.2 Å². The SMILES string of the molecule is CNc1cc(-c2ccc([C@@H]3CC[C@H](C(=O)OC)C3)cc2F)[nH]n1. The fourth-order valence-corrected chi connectivity index (χ4v) is 3.26. The third-order valence-electron chi connectivity index (χ3n) is 4.56. The van der Waals surface area contributed by atoms with Crippen molar-refractivity contribution in [2.24, 2.45) is 5.92 Å². The van der Waals surface area contributed by atoms with Crippen molar-refractivity contribution in [2.45, 2.75) is 25.2 Å². The van der Waals surface area contributed by atoms with E-state index in [0.717, 1.165) is 24.8 Å². The molecule has 2 N–H and O–H groups in total. The molecule has 0 aliphatic heterocycles. The van der Waals surface area contributed by atoms with Gasteiger partial charge >= 0.3 is 5.97 Å². The summed E-state index contributed by atoms with van der Waals surface area (Å²) in [7, 11) is 3.17. The Morgan fingerprint density at radius 3 is 2.87 bits per heavy atom. The van der Waals surface area contributed by atoms with E-state index in [-0.39, 0.29) is 23.6 Å². The van der Waals surface area contributed by atoms with E-state index in [1.54, 1.807) is 25.2 Å². The molecule has 2 atom stereocenters. The summed E-state index contributed by atoms with van der Waals surface area (Å²) < 4.78 is 19.3. The molecule has 122 valence electrons. The predicted molar refractivity (Wildman–Crippen MR) is 85.6 cm³/mol. The molecule has 6 heteroatoms. The van der Waals surface area contributed by atoms with Gasteiger partial charge in [0.15, 0.2) is 0 Å². The van der Waals surface area contributed by atoms with Crippen molar-refractivity contribution in [1.82, 2.24) is 10.2 Å². The lowest BCUT2D eigenvalue weighted by atomic mass is 9.94. The second kappa shape index (κ2) is 6.40. The molecule has 1 aliphatic rings. The number of carbonyl (C=O) groups excluding carboxylic acids is 1. The molecule has 1 fully saturated rings. The number of benzene rings is 1. The van der Waals surface area contributed by atoms with Crippen LogP contribution in [0, 0.1) is 11.7 Å². The first-order chi connectivity index (χ1) is 11.1. The Kier molecular flexibility index (Phi) is 4.32. The summed E-state index contributed by atoms with van der Waals surface area (Å²) in [5.41, 5.74) is 2.06. The smallest absolute Gasteiger partial charge is 0.308 e. The Balaban J connectivity index is 1.78. The van der Waals surface area contributed by atoms with Crippen molar-refractivity contribution in [3.05, 3.63) is 35.6 Å². The van der Waals surface area contributed by atoms with Gasteiger partial charge in [-0.3, -0.25) is 9.89 Å². The van der Waals surface area contributed by atoms with Gasteiger partial charge in [-0.15, -0.1) is 0 Å². The number of hydrogen-bond acceptors (Lipinski definition) is 4. The number of H-pyrrole nitrogens is 1. The molecule has 5 nitrogen and oxygen atoms in total. The van der Waals surface area contributed by atoms with Crippen LogP contribution in [0.15, 0.2) is 24.3 Å². The summed E-state index contributed by atoms with van der Waals surface area (Å²) in [4.78, 5) is 11.6. The maximum absolute atomic E-state index is 14.5. The average molecular weight is 317 g/mol. The lowest BCUT2D eigenvalue weighted by Crippen LogP contribution is -2.12. The van der Waals surface area contributed by atoms with Crippen molar-refractivity contribution in [3.63, 3.8) is 0 Å². The maximum atomic E-state index is 14.5. The predicted octanol–water partition coefficient (Wildman–Crippen LogP) is 3.31. The van der Waals surface area contributed by atoms with Crippen LogP contribution in [-0.2, 0) is 9.53 Å². The minimum absolute atomic E-state index is 0.0708. The molecule has 0 spiro atoms. The van der Waals surface area contributed by atoms with Gasteiger partial charge in [-0.05, 0) is 42.9 Å². The van der Waals surface area contributed by atoms with Crippen molar-refractivity contribution in [1.29, 1.82) is 0 Å². The summed E-state index contributed by atoms with van der Waals surface area (Å²) >= 11 is 0. The molecule has 0 unspecified atom stereocenters. The second-order valence-corrected chi connectivity index (χ2v) is 5.89. The minimum atomic E-state index is -0.282. The minimum Gasteiger partial charge on any atom is -0.469 e. The van der Waals surface area contributed by atoms with Gasteiger partial charge < -0.3 is 10.1 Å². The zero-order valence-electron chi connectivity index (χ0n) is 13.2. The second-order valence-electron chi connectivity index (χ2n) is 5.89. The molecule has 0 saturated heterocycles. The van der Waals surface area contributed by atoms with Gasteiger partial charge in [0.2, 0.25) is 0 Å². The van der Waals surface area contributed by atoms with Crippen LogP contribution >= 0.6 is 0 Å². The fraction of sp³-hybridized carbons (Fsp3) is 0.412. The number of aromatic nitrogens is 2. The van der Waals surface area contributed by atoms with Gasteiger partial charge in [-0.25, -0.2) is 4.39 Å². The number of halogens is 1. The average Bonchev–Trinajstić information content (AvgIpc) is 3.23. The molecule has 1 aromatic carbocycles. The van der Waals surface area contributed by atoms with Crippen molar-refractivity contribution < 1.29 is 13.9 Å². The highest BCUT2D eigenvalue weighted by molar-refractivity contribution is 5.72. The largest absolute Gasteiger partial charge is 0.469 e. The zero-order valence-corrected chi connectivity index (χ0v) is 13.2. The van der Waals surface area contributed by atoms with Crippen LogP contribution in [0.2, 0.25) is 0 Å². The summed E-state index contributed by atoms with van der Waals surface area (Å²) in [6.07, 6.45) is 2.40. The van der Waals surface area contributed by atoms with E-state index in [1.165, 1.54) is 7.11 Å². The molecule has 3 rings (SSSR count). The molecular weight excluding hydrogens is 297 g/mol. The van der Waals surface area contributed by atoms with Gasteiger partial charge in [0, 0.05) is 18.7 Å². The van der Waals surface area contributed by atoms with Crippen LogP contribution < -0.4 is 5.32 Å². The van der Waals surface area contributed by atoms with Crippen LogP contribution in [-0.4, -0.2) is 30.3 Å². The first kappa shape index (κ1) is 15.5. The van der Waals surface area contributed by atoms with E-state index in [9.17, 15) is 9.18 Å². The Bertz CT molecular complexity index is 714. The van der Waals surface area contributed by atoms with Gasteiger partial charge in [-0.2, -0.15) is 5.10 Å². The van der Waals surface area contributed by atoms with Crippen LogP contribution in [0.5, 0.6) is 0 Å². The highest BCUT2D eigenvalue weighted by atomic mass is 19.1. The van der Waals surface area contributed by atoms with E-state index in [4.69, 9.17) is 4.74 Å². The molecule has 1 heterocycles. The normalized spacial score (nSPS) is 20.5. The van der Waals surface area contributed by atoms with E-state index in [1.807, 2.05) is 6.07 Å². The molecule has 1 saturated carbocycles. The van der Waals surface area contributed by atoms with E-state index >= 15 is 0 Å². The number of aromatic amines is 1. The number of carbonyl (C=O) groups is 1. The molecule has 0 radical (unpaired) electrons.